The smallest absolute Gasteiger partial charge is 0.243 e. The molecule has 1 aliphatic carbocycles. The zero-order chi connectivity index (χ0) is 17.8. The van der Waals surface area contributed by atoms with Gasteiger partial charge in [0, 0.05) is 33.7 Å². The Labute approximate surface area is 172 Å². The number of benzene rings is 2. The number of halogens is 1. The molecular weight excluding hydrogens is 439 g/mol. The van der Waals surface area contributed by atoms with Gasteiger partial charge in [-0.25, -0.2) is 4.99 Å². The lowest BCUT2D eigenvalue weighted by Gasteiger charge is -2.23. The van der Waals surface area contributed by atoms with Gasteiger partial charge >= 0.3 is 0 Å². The van der Waals surface area contributed by atoms with Crippen LogP contribution in [0.3, 0.4) is 0 Å². The first kappa shape index (κ1) is 20.5. The zero-order valence-electron chi connectivity index (χ0n) is 15.6. The normalized spacial score (nSPS) is 13.9. The molecule has 5 nitrogen and oxygen atoms in total. The van der Waals surface area contributed by atoms with E-state index < -0.39 is 0 Å². The van der Waals surface area contributed by atoms with Crippen molar-refractivity contribution in [1.82, 2.24) is 15.1 Å². The molecule has 1 amide bonds. The third kappa shape index (κ3) is 5.59. The second-order valence-electron chi connectivity index (χ2n) is 6.88. The van der Waals surface area contributed by atoms with Gasteiger partial charge in [-0.15, -0.1) is 24.0 Å². The van der Waals surface area contributed by atoms with E-state index in [1.807, 2.05) is 7.05 Å². The second-order valence-corrected chi connectivity index (χ2v) is 6.88. The van der Waals surface area contributed by atoms with Crippen LogP contribution in [0, 0.1) is 0 Å². The van der Waals surface area contributed by atoms with Crippen LogP contribution in [0.5, 0.6) is 0 Å². The number of carbonyl (C=O) groups is 1. The molecule has 0 aromatic heterocycles. The summed E-state index contributed by atoms with van der Waals surface area (Å²) in [5.41, 5.74) is 1.23. The van der Waals surface area contributed by atoms with Crippen molar-refractivity contribution >= 4 is 46.6 Å². The molecule has 0 heterocycles. The fourth-order valence-electron chi connectivity index (χ4n) is 2.66. The number of hydrogen-bond donors (Lipinski definition) is 1. The molecule has 0 saturated heterocycles. The highest BCUT2D eigenvalue weighted by molar-refractivity contribution is 14.0. The minimum absolute atomic E-state index is 0. The van der Waals surface area contributed by atoms with Crippen LogP contribution in [0.1, 0.15) is 18.4 Å². The van der Waals surface area contributed by atoms with E-state index in [1.54, 1.807) is 19.0 Å². The standard InChI is InChI=1S/C20H26N4O.HI/c1-23(2)19(25)13-21-20(22-18-10-11-18)24(3)14-15-8-9-16-6-4-5-7-17(16)12-15;/h4-9,12,18H,10-11,13-14H2,1-3H3,(H,21,22);1H. The maximum atomic E-state index is 11.8. The first-order valence-corrected chi connectivity index (χ1v) is 8.73. The van der Waals surface area contributed by atoms with E-state index in [9.17, 15) is 4.79 Å². The maximum Gasteiger partial charge on any atom is 0.243 e. The van der Waals surface area contributed by atoms with Gasteiger partial charge in [-0.05, 0) is 35.2 Å². The number of nitrogens with one attached hydrogen (secondary N) is 1. The summed E-state index contributed by atoms with van der Waals surface area (Å²) in [7, 11) is 5.53. The third-order valence-corrected chi connectivity index (χ3v) is 4.37. The van der Waals surface area contributed by atoms with E-state index in [1.165, 1.54) is 29.2 Å². The Bertz CT molecular complexity index is 786. The molecule has 0 aliphatic heterocycles. The van der Waals surface area contributed by atoms with Gasteiger partial charge in [0.15, 0.2) is 5.96 Å². The Morgan fingerprint density at radius 2 is 1.81 bits per heavy atom. The SMILES string of the molecule is CN(C)C(=O)CN=C(NC1CC1)N(C)Cc1ccc2ccccc2c1.I. The number of amides is 1. The Hall–Kier alpha value is -1.83. The van der Waals surface area contributed by atoms with Gasteiger partial charge in [-0.3, -0.25) is 4.79 Å². The Kier molecular flexibility index (Phi) is 7.25. The van der Waals surface area contributed by atoms with Crippen molar-refractivity contribution in [1.29, 1.82) is 0 Å². The number of carbonyl (C=O) groups excluding carboxylic acids is 1. The van der Waals surface area contributed by atoms with Gasteiger partial charge in [0.05, 0.1) is 0 Å². The van der Waals surface area contributed by atoms with E-state index >= 15 is 0 Å². The first-order chi connectivity index (χ1) is 12.0. The van der Waals surface area contributed by atoms with Crippen LogP contribution in [0.2, 0.25) is 0 Å². The molecule has 0 radical (unpaired) electrons. The number of nitrogens with zero attached hydrogens (tertiary/aromatic N) is 3. The lowest BCUT2D eigenvalue weighted by molar-refractivity contribution is -0.127. The average Bonchev–Trinajstić information content (AvgIpc) is 3.42. The lowest BCUT2D eigenvalue weighted by atomic mass is 10.1. The summed E-state index contributed by atoms with van der Waals surface area (Å²) in [5, 5.41) is 5.93. The van der Waals surface area contributed by atoms with Crippen LogP contribution < -0.4 is 5.32 Å². The molecule has 6 heteroatoms. The van der Waals surface area contributed by atoms with Gasteiger partial charge in [0.1, 0.15) is 6.54 Å². The van der Waals surface area contributed by atoms with Gasteiger partial charge in [0.25, 0.3) is 0 Å². The van der Waals surface area contributed by atoms with Crippen LogP contribution in [-0.2, 0) is 11.3 Å². The summed E-state index contributed by atoms with van der Waals surface area (Å²) in [6, 6.07) is 15.4. The van der Waals surface area contributed by atoms with Gasteiger partial charge in [-0.2, -0.15) is 0 Å². The summed E-state index contributed by atoms with van der Waals surface area (Å²) in [6.07, 6.45) is 2.34. The number of aliphatic imine (C=N–C) groups is 1. The van der Waals surface area contributed by atoms with Crippen molar-refractivity contribution in [2.24, 2.45) is 4.99 Å². The van der Waals surface area contributed by atoms with E-state index in [4.69, 9.17) is 0 Å². The van der Waals surface area contributed by atoms with Crippen LogP contribution >= 0.6 is 24.0 Å². The number of rotatable bonds is 5. The molecule has 1 aliphatic rings. The summed E-state index contributed by atoms with van der Waals surface area (Å²) in [5.74, 6) is 0.806. The number of hydrogen-bond acceptors (Lipinski definition) is 2. The summed E-state index contributed by atoms with van der Waals surface area (Å²) >= 11 is 0. The predicted octanol–water partition coefficient (Wildman–Crippen LogP) is 3.09. The molecule has 0 spiro atoms. The number of fused-ring (bicyclic) bond motifs is 1. The summed E-state index contributed by atoms with van der Waals surface area (Å²) in [4.78, 5) is 20.0. The Balaban J connectivity index is 0.00000243. The molecule has 0 bridgehead atoms. The highest BCUT2D eigenvalue weighted by Crippen LogP contribution is 2.20. The Morgan fingerprint density at radius 3 is 2.46 bits per heavy atom. The summed E-state index contributed by atoms with van der Waals surface area (Å²) in [6.45, 7) is 0.920. The predicted molar refractivity (Wildman–Crippen MR) is 118 cm³/mol. The molecule has 2 aromatic rings. The largest absolute Gasteiger partial charge is 0.353 e. The molecule has 140 valence electrons. The van der Waals surface area contributed by atoms with E-state index in [0.717, 1.165) is 12.5 Å². The van der Waals surface area contributed by atoms with Crippen LogP contribution in [0.15, 0.2) is 47.5 Å². The molecular formula is C20H27IN4O. The van der Waals surface area contributed by atoms with E-state index in [-0.39, 0.29) is 36.4 Å². The van der Waals surface area contributed by atoms with Crippen LogP contribution in [0.4, 0.5) is 0 Å². The molecule has 1 N–H and O–H groups in total. The van der Waals surface area contributed by atoms with Crippen LogP contribution in [-0.4, -0.2) is 55.4 Å². The van der Waals surface area contributed by atoms with Crippen molar-refractivity contribution in [2.75, 3.05) is 27.7 Å². The highest BCUT2D eigenvalue weighted by atomic mass is 127. The van der Waals surface area contributed by atoms with Crippen molar-refractivity contribution in [2.45, 2.75) is 25.4 Å². The van der Waals surface area contributed by atoms with Crippen LogP contribution in [0.25, 0.3) is 10.8 Å². The average molecular weight is 466 g/mol. The van der Waals surface area contributed by atoms with Crippen molar-refractivity contribution < 1.29 is 4.79 Å². The molecule has 1 saturated carbocycles. The molecule has 3 rings (SSSR count). The molecule has 26 heavy (non-hydrogen) atoms. The Morgan fingerprint density at radius 1 is 1.12 bits per heavy atom. The molecule has 0 atom stereocenters. The zero-order valence-corrected chi connectivity index (χ0v) is 17.9. The molecule has 1 fully saturated rings. The monoisotopic (exact) mass is 466 g/mol. The number of likely N-dealkylation sites (N-methyl/N-ethyl adjacent to an activating group) is 1. The fourth-order valence-corrected chi connectivity index (χ4v) is 2.66. The summed E-state index contributed by atoms with van der Waals surface area (Å²) < 4.78 is 0. The lowest BCUT2D eigenvalue weighted by Crippen LogP contribution is -2.40. The topological polar surface area (TPSA) is 47.9 Å². The van der Waals surface area contributed by atoms with E-state index in [0.29, 0.717) is 6.04 Å². The molecule has 0 unspecified atom stereocenters. The second kappa shape index (κ2) is 9.21. The first-order valence-electron chi connectivity index (χ1n) is 8.73. The van der Waals surface area contributed by atoms with Crippen molar-refractivity contribution in [3.8, 4) is 0 Å². The van der Waals surface area contributed by atoms with Crippen molar-refractivity contribution in [3.63, 3.8) is 0 Å². The third-order valence-electron chi connectivity index (χ3n) is 4.37. The minimum atomic E-state index is 0. The highest BCUT2D eigenvalue weighted by Gasteiger charge is 2.24. The quantitative estimate of drug-likeness (QED) is 0.419. The minimum Gasteiger partial charge on any atom is -0.353 e. The molecule has 2 aromatic carbocycles. The van der Waals surface area contributed by atoms with Gasteiger partial charge in [0.2, 0.25) is 5.91 Å². The number of guanidine groups is 1. The van der Waals surface area contributed by atoms with Gasteiger partial charge < -0.3 is 15.1 Å². The maximum absolute atomic E-state index is 11.8. The fraction of sp³-hybridized carbons (Fsp3) is 0.400. The van der Waals surface area contributed by atoms with Crippen molar-refractivity contribution in [3.05, 3.63) is 48.0 Å². The van der Waals surface area contributed by atoms with Gasteiger partial charge in [-0.1, -0.05) is 36.4 Å². The van der Waals surface area contributed by atoms with E-state index in [2.05, 4.69) is 57.7 Å².